The van der Waals surface area contributed by atoms with Gasteiger partial charge in [-0.05, 0) is 37.3 Å². The van der Waals surface area contributed by atoms with Gasteiger partial charge in [0, 0.05) is 47.4 Å². The molecule has 154 valence electrons. The Morgan fingerprint density at radius 1 is 1.07 bits per heavy atom. The standard InChI is InChI=1S/C22H24ClN7/c1-13-9-16(19-12-28(4)27-25-19)10-20-21(13)30-15(3)24-26-22(30)14(2)11-29(20)18-7-5-17(23)6-8-18/h5-10,12-14,21H,11H2,1-4H3. The highest BCUT2D eigenvalue weighted by molar-refractivity contribution is 6.30. The fraction of sp³-hybridized carbons (Fsp3) is 0.364. The third-order valence-corrected chi connectivity index (χ3v) is 6.22. The highest BCUT2D eigenvalue weighted by Crippen LogP contribution is 2.44. The van der Waals surface area contributed by atoms with E-state index in [1.54, 1.807) is 4.68 Å². The van der Waals surface area contributed by atoms with Gasteiger partial charge in [-0.25, -0.2) is 0 Å². The summed E-state index contributed by atoms with van der Waals surface area (Å²) in [5, 5.41) is 18.1. The Bertz CT molecular complexity index is 1150. The van der Waals surface area contributed by atoms with Crippen LogP contribution in [0.4, 0.5) is 5.69 Å². The van der Waals surface area contributed by atoms with Gasteiger partial charge < -0.3 is 9.47 Å². The van der Waals surface area contributed by atoms with Crippen LogP contribution in [0.3, 0.4) is 0 Å². The zero-order chi connectivity index (χ0) is 21.0. The Labute approximate surface area is 180 Å². The minimum atomic E-state index is 0.107. The molecule has 0 fully saturated rings. The molecule has 3 atom stereocenters. The van der Waals surface area contributed by atoms with Crippen LogP contribution in [0.15, 0.2) is 48.3 Å². The van der Waals surface area contributed by atoms with Crippen molar-refractivity contribution in [1.82, 2.24) is 29.8 Å². The van der Waals surface area contributed by atoms with E-state index in [-0.39, 0.29) is 17.9 Å². The average molecular weight is 422 g/mol. The van der Waals surface area contributed by atoms with Crippen molar-refractivity contribution in [3.05, 3.63) is 70.7 Å². The summed E-state index contributed by atoms with van der Waals surface area (Å²) >= 11 is 6.17. The number of fused-ring (bicyclic) bond motifs is 3. The molecule has 8 heteroatoms. The first-order valence-electron chi connectivity index (χ1n) is 10.2. The van der Waals surface area contributed by atoms with Crippen LogP contribution in [0, 0.1) is 12.8 Å². The van der Waals surface area contributed by atoms with Crippen LogP contribution in [0.5, 0.6) is 0 Å². The fourth-order valence-corrected chi connectivity index (χ4v) is 4.71. The highest BCUT2D eigenvalue weighted by Gasteiger charge is 2.38. The lowest BCUT2D eigenvalue weighted by Gasteiger charge is -2.36. The molecule has 7 nitrogen and oxygen atoms in total. The van der Waals surface area contributed by atoms with Crippen LogP contribution in [0.25, 0.3) is 5.57 Å². The van der Waals surface area contributed by atoms with Gasteiger partial charge in [-0.15, -0.1) is 15.3 Å². The molecule has 0 saturated carbocycles. The summed E-state index contributed by atoms with van der Waals surface area (Å²) in [7, 11) is 1.89. The number of anilines is 1. The van der Waals surface area contributed by atoms with Crippen molar-refractivity contribution < 1.29 is 0 Å². The van der Waals surface area contributed by atoms with Crippen LogP contribution in [-0.2, 0) is 7.05 Å². The van der Waals surface area contributed by atoms with E-state index in [1.165, 1.54) is 5.70 Å². The molecule has 1 aliphatic carbocycles. The second kappa shape index (κ2) is 7.09. The molecule has 2 aliphatic rings. The largest absolute Gasteiger partial charge is 0.342 e. The van der Waals surface area contributed by atoms with E-state index < -0.39 is 0 Å². The number of aryl methyl sites for hydroxylation is 2. The molecule has 1 aliphatic heterocycles. The van der Waals surface area contributed by atoms with Gasteiger partial charge in [-0.2, -0.15) is 0 Å². The Kier molecular flexibility index (Phi) is 4.50. The molecule has 1 aromatic carbocycles. The second-order valence-electron chi connectivity index (χ2n) is 8.24. The van der Waals surface area contributed by atoms with Crippen molar-refractivity contribution in [3.63, 3.8) is 0 Å². The van der Waals surface area contributed by atoms with Gasteiger partial charge in [0.2, 0.25) is 0 Å². The summed E-state index contributed by atoms with van der Waals surface area (Å²) in [5.74, 6) is 2.42. The zero-order valence-corrected chi connectivity index (χ0v) is 18.2. The van der Waals surface area contributed by atoms with Gasteiger partial charge in [0.1, 0.15) is 17.3 Å². The Morgan fingerprint density at radius 2 is 1.83 bits per heavy atom. The maximum atomic E-state index is 6.17. The van der Waals surface area contributed by atoms with Gasteiger partial charge >= 0.3 is 0 Å². The van der Waals surface area contributed by atoms with Crippen LogP contribution >= 0.6 is 11.6 Å². The van der Waals surface area contributed by atoms with Gasteiger partial charge in [0.05, 0.1) is 12.2 Å². The van der Waals surface area contributed by atoms with E-state index >= 15 is 0 Å². The van der Waals surface area contributed by atoms with Crippen molar-refractivity contribution in [2.24, 2.45) is 13.0 Å². The Morgan fingerprint density at radius 3 is 2.53 bits per heavy atom. The van der Waals surface area contributed by atoms with Gasteiger partial charge in [0.15, 0.2) is 0 Å². The average Bonchev–Trinajstić information content (AvgIpc) is 3.29. The fourth-order valence-electron chi connectivity index (χ4n) is 4.58. The van der Waals surface area contributed by atoms with Crippen LogP contribution in [-0.4, -0.2) is 36.3 Å². The number of hydrogen-bond donors (Lipinski definition) is 0. The molecule has 0 amide bonds. The minimum absolute atomic E-state index is 0.107. The topological polar surface area (TPSA) is 64.7 Å². The first kappa shape index (κ1) is 19.1. The zero-order valence-electron chi connectivity index (χ0n) is 17.5. The SMILES string of the molecule is Cc1nnc2n1C1C(=CC(c3cn(C)nn3)=CC1C)N(c1ccc(Cl)cc1)CC2C. The molecule has 3 unspecified atom stereocenters. The van der Waals surface area contributed by atoms with Crippen LogP contribution < -0.4 is 4.90 Å². The lowest BCUT2D eigenvalue weighted by Crippen LogP contribution is -2.32. The molecule has 0 bridgehead atoms. The number of hydrogen-bond acceptors (Lipinski definition) is 5. The van der Waals surface area contributed by atoms with E-state index in [0.717, 1.165) is 40.2 Å². The number of benzene rings is 1. The highest BCUT2D eigenvalue weighted by atomic mass is 35.5. The Hall–Kier alpha value is -2.93. The van der Waals surface area contributed by atoms with Crippen LogP contribution in [0.2, 0.25) is 5.02 Å². The van der Waals surface area contributed by atoms with Gasteiger partial charge in [-0.1, -0.05) is 36.7 Å². The minimum Gasteiger partial charge on any atom is -0.342 e. The maximum Gasteiger partial charge on any atom is 0.138 e. The molecule has 0 spiro atoms. The molecule has 30 heavy (non-hydrogen) atoms. The summed E-state index contributed by atoms with van der Waals surface area (Å²) in [5.41, 5.74) is 4.29. The normalized spacial score (nSPS) is 23.4. The lowest BCUT2D eigenvalue weighted by atomic mass is 9.88. The molecule has 3 heterocycles. The first-order valence-corrected chi connectivity index (χ1v) is 10.5. The molecule has 5 rings (SSSR count). The van der Waals surface area contributed by atoms with E-state index in [9.17, 15) is 0 Å². The number of rotatable bonds is 2. The van der Waals surface area contributed by atoms with E-state index in [1.807, 2.05) is 32.3 Å². The lowest BCUT2D eigenvalue weighted by molar-refractivity contribution is 0.442. The molecular formula is C22H24ClN7. The molecule has 3 aromatic rings. The van der Waals surface area contributed by atoms with Gasteiger partial charge in [0.25, 0.3) is 0 Å². The molecule has 0 N–H and O–H groups in total. The second-order valence-corrected chi connectivity index (χ2v) is 8.67. The van der Waals surface area contributed by atoms with Crippen molar-refractivity contribution in [3.8, 4) is 0 Å². The predicted octanol–water partition coefficient (Wildman–Crippen LogP) is 4.15. The summed E-state index contributed by atoms with van der Waals surface area (Å²) in [6.07, 6.45) is 6.47. The monoisotopic (exact) mass is 421 g/mol. The molecule has 2 aromatic heterocycles. The number of allylic oxidation sites excluding steroid dienone is 4. The van der Waals surface area contributed by atoms with E-state index in [2.05, 4.69) is 68.1 Å². The van der Waals surface area contributed by atoms with E-state index in [0.29, 0.717) is 0 Å². The Balaban J connectivity index is 1.70. The number of nitrogens with zero attached hydrogens (tertiary/aromatic N) is 7. The molecule has 0 saturated heterocycles. The summed E-state index contributed by atoms with van der Waals surface area (Å²) in [6, 6.07) is 8.16. The molecular weight excluding hydrogens is 398 g/mol. The molecule has 0 radical (unpaired) electrons. The van der Waals surface area contributed by atoms with E-state index in [4.69, 9.17) is 11.6 Å². The third kappa shape index (κ3) is 3.04. The quantitative estimate of drug-likeness (QED) is 0.621. The third-order valence-electron chi connectivity index (χ3n) is 5.96. The summed E-state index contributed by atoms with van der Waals surface area (Å²) in [4.78, 5) is 2.39. The van der Waals surface area contributed by atoms with Crippen LogP contribution in [0.1, 0.15) is 43.1 Å². The summed E-state index contributed by atoms with van der Waals surface area (Å²) in [6.45, 7) is 7.30. The van der Waals surface area contributed by atoms with Crippen molar-refractivity contribution in [2.45, 2.75) is 32.7 Å². The first-order chi connectivity index (χ1) is 14.4. The number of aromatic nitrogens is 6. The smallest absolute Gasteiger partial charge is 0.138 e. The summed E-state index contributed by atoms with van der Waals surface area (Å²) < 4.78 is 4.04. The predicted molar refractivity (Wildman–Crippen MR) is 117 cm³/mol. The van der Waals surface area contributed by atoms with Gasteiger partial charge in [-0.3, -0.25) is 4.68 Å². The van der Waals surface area contributed by atoms with Crippen molar-refractivity contribution in [2.75, 3.05) is 11.4 Å². The van der Waals surface area contributed by atoms with Crippen molar-refractivity contribution in [1.29, 1.82) is 0 Å². The maximum absolute atomic E-state index is 6.17. The van der Waals surface area contributed by atoms with Crippen molar-refractivity contribution >= 4 is 22.9 Å². The number of halogens is 1.